The molecule has 1 fully saturated rings. The zero-order valence-corrected chi connectivity index (χ0v) is 20.1. The van der Waals surface area contributed by atoms with E-state index < -0.39 is 26.8 Å². The average Bonchev–Trinajstić information content (AvgIpc) is 3.20. The van der Waals surface area contributed by atoms with Crippen LogP contribution in [0.25, 0.3) is 10.2 Å². The molecule has 2 aromatic carbocycles. The first-order valence-corrected chi connectivity index (χ1v) is 12.6. The Morgan fingerprint density at radius 1 is 1.17 bits per heavy atom. The summed E-state index contributed by atoms with van der Waals surface area (Å²) in [6.07, 6.45) is 0. The zero-order chi connectivity index (χ0) is 25.2. The number of methoxy groups -OCH3 is 1. The molecule has 1 amide bonds. The summed E-state index contributed by atoms with van der Waals surface area (Å²) in [6.45, 7) is 0.888. The lowest BCUT2D eigenvalue weighted by molar-refractivity contribution is -0.384. The van der Waals surface area contributed by atoms with E-state index >= 15 is 0 Å². The minimum absolute atomic E-state index is 0.0471. The quantitative estimate of drug-likeness (QED) is 0.270. The van der Waals surface area contributed by atoms with Crippen LogP contribution in [0.2, 0.25) is 0 Å². The molecule has 0 atom stereocenters. The van der Waals surface area contributed by atoms with Crippen molar-refractivity contribution in [3.05, 3.63) is 62.9 Å². The van der Waals surface area contributed by atoms with Gasteiger partial charge in [-0.3, -0.25) is 19.7 Å². The van der Waals surface area contributed by atoms with Gasteiger partial charge in [0.15, 0.2) is 4.80 Å². The predicted molar refractivity (Wildman–Crippen MR) is 124 cm³/mol. The van der Waals surface area contributed by atoms with E-state index in [2.05, 4.69) is 4.99 Å². The third-order valence-electron chi connectivity index (χ3n) is 5.30. The number of amides is 1. The summed E-state index contributed by atoms with van der Waals surface area (Å²) in [5, 5.41) is 11.1. The molecule has 4 rings (SSSR count). The standard InChI is InChI=1S/C21H20N4O8S2/c1-32-19(26)13-24-17-7-4-15(25(28)29)12-18(17)34-21(24)22-20(27)14-2-5-16(6-3-14)35(30,31)23-8-10-33-11-9-23/h2-7,12H,8-11,13H2,1H3. The molecule has 1 saturated heterocycles. The third kappa shape index (κ3) is 5.14. The zero-order valence-electron chi connectivity index (χ0n) is 18.4. The van der Waals surface area contributed by atoms with Crippen molar-refractivity contribution in [2.75, 3.05) is 33.4 Å². The number of esters is 1. The SMILES string of the molecule is COC(=O)Cn1c(=NC(=O)c2ccc(S(=O)(=O)N3CCOCC3)cc2)sc2cc([N+](=O)[O-])ccc21. The van der Waals surface area contributed by atoms with E-state index in [0.29, 0.717) is 23.4 Å². The first-order chi connectivity index (χ1) is 16.7. The Labute approximate surface area is 203 Å². The normalized spacial score (nSPS) is 15.3. The number of non-ortho nitro benzene ring substituents is 1. The molecule has 0 saturated carbocycles. The van der Waals surface area contributed by atoms with Crippen LogP contribution >= 0.6 is 11.3 Å². The second-order valence-electron chi connectivity index (χ2n) is 7.41. The van der Waals surface area contributed by atoms with Crippen molar-refractivity contribution in [1.29, 1.82) is 0 Å². The second-order valence-corrected chi connectivity index (χ2v) is 10.4. The number of carbonyl (C=O) groups excluding carboxylic acids is 2. The number of rotatable bonds is 6. The molecule has 0 bridgehead atoms. The molecule has 184 valence electrons. The first kappa shape index (κ1) is 24.7. The number of nitro benzene ring substituents is 1. The van der Waals surface area contributed by atoms with Crippen LogP contribution in [-0.2, 0) is 30.8 Å². The maximum absolute atomic E-state index is 12.9. The van der Waals surface area contributed by atoms with Crippen molar-refractivity contribution in [2.45, 2.75) is 11.4 Å². The lowest BCUT2D eigenvalue weighted by Crippen LogP contribution is -2.40. The van der Waals surface area contributed by atoms with Gasteiger partial charge >= 0.3 is 5.97 Å². The summed E-state index contributed by atoms with van der Waals surface area (Å²) in [5.74, 6) is -1.25. The molecule has 14 heteroatoms. The Morgan fingerprint density at radius 3 is 2.49 bits per heavy atom. The summed E-state index contributed by atoms with van der Waals surface area (Å²) >= 11 is 1.01. The minimum atomic E-state index is -3.71. The van der Waals surface area contributed by atoms with E-state index in [-0.39, 0.29) is 40.6 Å². The number of sulfonamides is 1. The maximum atomic E-state index is 12.9. The van der Waals surface area contributed by atoms with E-state index in [1.807, 2.05) is 0 Å². The van der Waals surface area contributed by atoms with Crippen molar-refractivity contribution in [3.63, 3.8) is 0 Å². The largest absolute Gasteiger partial charge is 0.468 e. The fourth-order valence-corrected chi connectivity index (χ4v) is 5.93. The van der Waals surface area contributed by atoms with Gasteiger partial charge in [-0.1, -0.05) is 11.3 Å². The van der Waals surface area contributed by atoms with Gasteiger partial charge in [0.1, 0.15) is 6.54 Å². The van der Waals surface area contributed by atoms with Gasteiger partial charge < -0.3 is 14.0 Å². The smallest absolute Gasteiger partial charge is 0.325 e. The molecule has 3 aromatic rings. The van der Waals surface area contributed by atoms with Gasteiger partial charge in [0, 0.05) is 30.8 Å². The van der Waals surface area contributed by atoms with Crippen molar-refractivity contribution in [2.24, 2.45) is 4.99 Å². The molecule has 0 N–H and O–H groups in total. The highest BCUT2D eigenvalue weighted by Crippen LogP contribution is 2.24. The van der Waals surface area contributed by atoms with Crippen LogP contribution in [0.3, 0.4) is 0 Å². The van der Waals surface area contributed by atoms with Gasteiger partial charge in [-0.15, -0.1) is 0 Å². The number of fused-ring (bicyclic) bond motifs is 1. The van der Waals surface area contributed by atoms with Crippen LogP contribution in [-0.4, -0.2) is 67.5 Å². The number of aromatic nitrogens is 1. The number of benzene rings is 2. The van der Waals surface area contributed by atoms with Crippen LogP contribution in [0.15, 0.2) is 52.4 Å². The summed E-state index contributed by atoms with van der Waals surface area (Å²) in [5.41, 5.74) is 0.474. The van der Waals surface area contributed by atoms with Crippen molar-refractivity contribution >= 4 is 49.1 Å². The highest BCUT2D eigenvalue weighted by Gasteiger charge is 2.26. The second kappa shape index (κ2) is 10.0. The lowest BCUT2D eigenvalue weighted by atomic mass is 10.2. The number of nitro groups is 1. The van der Waals surface area contributed by atoms with Crippen LogP contribution in [0, 0.1) is 10.1 Å². The number of carbonyl (C=O) groups is 2. The molecule has 0 unspecified atom stereocenters. The number of morpholine rings is 1. The first-order valence-electron chi connectivity index (χ1n) is 10.3. The number of hydrogen-bond acceptors (Lipinski definition) is 9. The molecule has 0 spiro atoms. The van der Waals surface area contributed by atoms with Crippen LogP contribution in [0.1, 0.15) is 10.4 Å². The monoisotopic (exact) mass is 520 g/mol. The Kier molecular flexibility index (Phi) is 7.07. The number of nitrogens with zero attached hydrogens (tertiary/aromatic N) is 4. The summed E-state index contributed by atoms with van der Waals surface area (Å²) in [7, 11) is -2.49. The van der Waals surface area contributed by atoms with Gasteiger partial charge in [-0.05, 0) is 30.3 Å². The molecule has 12 nitrogen and oxygen atoms in total. The fraction of sp³-hybridized carbons (Fsp3) is 0.286. The Morgan fingerprint density at radius 2 is 1.86 bits per heavy atom. The molecule has 35 heavy (non-hydrogen) atoms. The highest BCUT2D eigenvalue weighted by atomic mass is 32.2. The topological polar surface area (TPSA) is 150 Å². The maximum Gasteiger partial charge on any atom is 0.325 e. The molecular weight excluding hydrogens is 500 g/mol. The Hall–Kier alpha value is -3.46. The van der Waals surface area contributed by atoms with E-state index in [9.17, 15) is 28.1 Å². The molecule has 1 aromatic heterocycles. The Balaban J connectivity index is 1.69. The third-order valence-corrected chi connectivity index (χ3v) is 8.25. The molecular formula is C21H20N4O8S2. The average molecular weight is 521 g/mol. The predicted octanol–water partition coefficient (Wildman–Crippen LogP) is 1.55. The minimum Gasteiger partial charge on any atom is -0.468 e. The van der Waals surface area contributed by atoms with Gasteiger partial charge in [0.25, 0.3) is 11.6 Å². The summed E-state index contributed by atoms with van der Waals surface area (Å²) in [4.78, 5) is 39.7. The van der Waals surface area contributed by atoms with Gasteiger partial charge in [0.05, 0.1) is 40.4 Å². The number of thiazole rings is 1. The van der Waals surface area contributed by atoms with Crippen LogP contribution < -0.4 is 4.80 Å². The van der Waals surface area contributed by atoms with Crippen molar-refractivity contribution in [1.82, 2.24) is 8.87 Å². The molecule has 0 radical (unpaired) electrons. The van der Waals surface area contributed by atoms with E-state index in [4.69, 9.17) is 9.47 Å². The summed E-state index contributed by atoms with van der Waals surface area (Å²) < 4.78 is 38.7. The van der Waals surface area contributed by atoms with Crippen LogP contribution in [0.4, 0.5) is 5.69 Å². The van der Waals surface area contributed by atoms with Crippen molar-refractivity contribution < 1.29 is 32.4 Å². The van der Waals surface area contributed by atoms with Gasteiger partial charge in [-0.25, -0.2) is 8.42 Å². The molecule has 1 aliphatic heterocycles. The highest BCUT2D eigenvalue weighted by molar-refractivity contribution is 7.89. The Bertz CT molecular complexity index is 1470. The van der Waals surface area contributed by atoms with E-state index in [1.54, 1.807) is 0 Å². The number of hydrogen-bond donors (Lipinski definition) is 0. The van der Waals surface area contributed by atoms with Gasteiger partial charge in [0.2, 0.25) is 10.0 Å². The molecule has 0 aliphatic carbocycles. The van der Waals surface area contributed by atoms with Crippen LogP contribution in [0.5, 0.6) is 0 Å². The molecule has 1 aliphatic rings. The van der Waals surface area contributed by atoms with E-state index in [0.717, 1.165) is 11.3 Å². The van der Waals surface area contributed by atoms with Gasteiger partial charge in [-0.2, -0.15) is 9.30 Å². The summed E-state index contributed by atoms with van der Waals surface area (Å²) in [6, 6.07) is 9.50. The number of ether oxygens (including phenoxy) is 2. The lowest BCUT2D eigenvalue weighted by Gasteiger charge is -2.26. The van der Waals surface area contributed by atoms with Crippen molar-refractivity contribution in [3.8, 4) is 0 Å². The molecule has 2 heterocycles. The van der Waals surface area contributed by atoms with E-state index in [1.165, 1.54) is 58.4 Å². The fourth-order valence-electron chi connectivity index (χ4n) is 3.46.